The highest BCUT2D eigenvalue weighted by Gasteiger charge is 2.48. The second-order valence-electron chi connectivity index (χ2n) is 6.01. The third-order valence-corrected chi connectivity index (χ3v) is 4.73. The predicted octanol–water partition coefficient (Wildman–Crippen LogP) is 2.95. The molecule has 3 heteroatoms. The van der Waals surface area contributed by atoms with Crippen molar-refractivity contribution >= 4 is 11.6 Å². The molecule has 0 saturated heterocycles. The number of hydrogen-bond donors (Lipinski definition) is 2. The summed E-state index contributed by atoms with van der Waals surface area (Å²) in [5.74, 6) is 2.15. The first kappa shape index (κ1) is 12.7. The highest BCUT2D eigenvalue weighted by atomic mass is 16.1. The summed E-state index contributed by atoms with van der Waals surface area (Å²) in [6.07, 6.45) is 3.55. The molecule has 2 fully saturated rings. The Morgan fingerprint density at radius 2 is 1.89 bits per heavy atom. The van der Waals surface area contributed by atoms with Crippen LogP contribution in [0, 0.1) is 17.8 Å². The summed E-state index contributed by atoms with van der Waals surface area (Å²) in [5, 5.41) is 6.36. The lowest BCUT2D eigenvalue weighted by Crippen LogP contribution is -2.23. The van der Waals surface area contributed by atoms with Crippen molar-refractivity contribution in [1.82, 2.24) is 5.32 Å². The van der Waals surface area contributed by atoms with Crippen LogP contribution in [0.3, 0.4) is 0 Å². The van der Waals surface area contributed by atoms with Crippen LogP contribution in [0.4, 0.5) is 5.69 Å². The fourth-order valence-electron chi connectivity index (χ4n) is 3.31. The SMILES string of the molecule is CNC(C)c1ccccc1NC(=O)C1CC2CC2C1. The van der Waals surface area contributed by atoms with Gasteiger partial charge >= 0.3 is 0 Å². The first-order valence-corrected chi connectivity index (χ1v) is 7.26. The second-order valence-corrected chi connectivity index (χ2v) is 6.01. The molecule has 2 aliphatic rings. The lowest BCUT2D eigenvalue weighted by molar-refractivity contribution is -0.120. The van der Waals surface area contributed by atoms with E-state index in [1.165, 1.54) is 6.42 Å². The van der Waals surface area contributed by atoms with Gasteiger partial charge < -0.3 is 10.6 Å². The van der Waals surface area contributed by atoms with Crippen molar-refractivity contribution in [1.29, 1.82) is 0 Å². The molecule has 3 nitrogen and oxygen atoms in total. The normalized spacial score (nSPS) is 29.7. The van der Waals surface area contributed by atoms with E-state index >= 15 is 0 Å². The highest BCUT2D eigenvalue weighted by molar-refractivity contribution is 5.93. The number of carbonyl (C=O) groups is 1. The van der Waals surface area contributed by atoms with E-state index in [9.17, 15) is 4.79 Å². The topological polar surface area (TPSA) is 41.1 Å². The monoisotopic (exact) mass is 258 g/mol. The molecule has 3 unspecified atom stereocenters. The summed E-state index contributed by atoms with van der Waals surface area (Å²) in [4.78, 5) is 12.3. The smallest absolute Gasteiger partial charge is 0.227 e. The Labute approximate surface area is 114 Å². The summed E-state index contributed by atoms with van der Waals surface area (Å²) >= 11 is 0. The van der Waals surface area contributed by atoms with Crippen LogP contribution in [0.25, 0.3) is 0 Å². The summed E-state index contributed by atoms with van der Waals surface area (Å²) in [6.45, 7) is 2.11. The van der Waals surface area contributed by atoms with Crippen LogP contribution >= 0.6 is 0 Å². The van der Waals surface area contributed by atoms with Crippen LogP contribution in [-0.4, -0.2) is 13.0 Å². The minimum atomic E-state index is 0.211. The number of amides is 1. The maximum Gasteiger partial charge on any atom is 0.227 e. The molecule has 2 saturated carbocycles. The molecule has 0 bridgehead atoms. The molecule has 2 aliphatic carbocycles. The summed E-state index contributed by atoms with van der Waals surface area (Å²) in [7, 11) is 1.94. The van der Waals surface area contributed by atoms with E-state index < -0.39 is 0 Å². The van der Waals surface area contributed by atoms with E-state index in [0.29, 0.717) is 0 Å². The van der Waals surface area contributed by atoms with Gasteiger partial charge in [0, 0.05) is 17.6 Å². The molecular weight excluding hydrogens is 236 g/mol. The highest BCUT2D eigenvalue weighted by Crippen LogP contribution is 2.54. The Balaban J connectivity index is 1.70. The van der Waals surface area contributed by atoms with Gasteiger partial charge in [0.2, 0.25) is 5.91 Å². The Kier molecular flexibility index (Phi) is 3.31. The lowest BCUT2D eigenvalue weighted by atomic mass is 10.0. The maximum atomic E-state index is 12.3. The molecule has 2 N–H and O–H groups in total. The van der Waals surface area contributed by atoms with Gasteiger partial charge in [-0.25, -0.2) is 0 Å². The molecule has 0 heterocycles. The van der Waals surface area contributed by atoms with Crippen LogP contribution in [0.2, 0.25) is 0 Å². The van der Waals surface area contributed by atoms with Crippen LogP contribution < -0.4 is 10.6 Å². The zero-order chi connectivity index (χ0) is 13.4. The van der Waals surface area contributed by atoms with Gasteiger partial charge in [-0.1, -0.05) is 18.2 Å². The molecule has 1 amide bonds. The average molecular weight is 258 g/mol. The van der Waals surface area contributed by atoms with Crippen molar-refractivity contribution in [2.45, 2.75) is 32.2 Å². The van der Waals surface area contributed by atoms with Crippen LogP contribution in [0.5, 0.6) is 0 Å². The van der Waals surface area contributed by atoms with Crippen molar-refractivity contribution in [2.24, 2.45) is 17.8 Å². The molecule has 1 aromatic rings. The van der Waals surface area contributed by atoms with Crippen molar-refractivity contribution in [3.8, 4) is 0 Å². The number of para-hydroxylation sites is 1. The minimum Gasteiger partial charge on any atom is -0.326 e. The van der Waals surface area contributed by atoms with Crippen molar-refractivity contribution in [3.63, 3.8) is 0 Å². The van der Waals surface area contributed by atoms with E-state index in [-0.39, 0.29) is 17.9 Å². The van der Waals surface area contributed by atoms with Gasteiger partial charge in [0.25, 0.3) is 0 Å². The van der Waals surface area contributed by atoms with Gasteiger partial charge in [0.15, 0.2) is 0 Å². The van der Waals surface area contributed by atoms with Crippen molar-refractivity contribution < 1.29 is 4.79 Å². The van der Waals surface area contributed by atoms with E-state index in [2.05, 4.69) is 23.6 Å². The number of fused-ring (bicyclic) bond motifs is 1. The number of hydrogen-bond acceptors (Lipinski definition) is 2. The van der Waals surface area contributed by atoms with E-state index in [4.69, 9.17) is 0 Å². The number of benzene rings is 1. The molecule has 0 aliphatic heterocycles. The number of rotatable bonds is 4. The summed E-state index contributed by atoms with van der Waals surface area (Å²) in [5.41, 5.74) is 2.11. The van der Waals surface area contributed by atoms with E-state index in [1.807, 2.05) is 25.2 Å². The molecule has 0 radical (unpaired) electrons. The summed E-state index contributed by atoms with van der Waals surface area (Å²) in [6, 6.07) is 8.31. The molecule has 3 atom stereocenters. The Hall–Kier alpha value is -1.35. The molecule has 102 valence electrons. The summed E-state index contributed by atoms with van der Waals surface area (Å²) < 4.78 is 0. The van der Waals surface area contributed by atoms with Crippen LogP contribution in [-0.2, 0) is 4.79 Å². The molecule has 1 aromatic carbocycles. The number of nitrogens with one attached hydrogen (secondary N) is 2. The lowest BCUT2D eigenvalue weighted by Gasteiger charge is -2.18. The molecular formula is C16H22N2O. The zero-order valence-corrected chi connectivity index (χ0v) is 11.6. The van der Waals surface area contributed by atoms with E-state index in [1.54, 1.807) is 0 Å². The van der Waals surface area contributed by atoms with Gasteiger partial charge in [-0.2, -0.15) is 0 Å². The standard InChI is InChI=1S/C16H22N2O/c1-10(17-2)14-5-3-4-6-15(14)18-16(19)13-8-11-7-12(11)9-13/h3-6,10-13,17H,7-9H2,1-2H3,(H,18,19). The third kappa shape index (κ3) is 2.52. The van der Waals surface area contributed by atoms with Gasteiger partial charge in [-0.15, -0.1) is 0 Å². The molecule has 19 heavy (non-hydrogen) atoms. The third-order valence-electron chi connectivity index (χ3n) is 4.73. The van der Waals surface area contributed by atoms with Gasteiger partial charge in [0.05, 0.1) is 0 Å². The van der Waals surface area contributed by atoms with Gasteiger partial charge in [-0.05, 0) is 56.7 Å². The zero-order valence-electron chi connectivity index (χ0n) is 11.6. The van der Waals surface area contributed by atoms with Crippen molar-refractivity contribution in [2.75, 3.05) is 12.4 Å². The Bertz CT molecular complexity index is 475. The average Bonchev–Trinajstić information content (AvgIpc) is 3.05. The fourth-order valence-corrected chi connectivity index (χ4v) is 3.31. The van der Waals surface area contributed by atoms with Crippen LogP contribution in [0.1, 0.15) is 37.8 Å². The largest absolute Gasteiger partial charge is 0.326 e. The Morgan fingerprint density at radius 1 is 1.21 bits per heavy atom. The van der Waals surface area contributed by atoms with Crippen LogP contribution in [0.15, 0.2) is 24.3 Å². The van der Waals surface area contributed by atoms with Crippen molar-refractivity contribution in [3.05, 3.63) is 29.8 Å². The fraction of sp³-hybridized carbons (Fsp3) is 0.562. The quantitative estimate of drug-likeness (QED) is 0.871. The molecule has 0 spiro atoms. The first-order chi connectivity index (χ1) is 9.19. The molecule has 3 rings (SSSR count). The second kappa shape index (κ2) is 4.97. The minimum absolute atomic E-state index is 0.211. The van der Waals surface area contributed by atoms with Gasteiger partial charge in [-0.3, -0.25) is 4.79 Å². The van der Waals surface area contributed by atoms with E-state index in [0.717, 1.165) is 35.9 Å². The number of anilines is 1. The Morgan fingerprint density at radius 3 is 2.58 bits per heavy atom. The predicted molar refractivity (Wildman–Crippen MR) is 76.9 cm³/mol. The maximum absolute atomic E-state index is 12.3. The molecule has 0 aromatic heterocycles. The van der Waals surface area contributed by atoms with Gasteiger partial charge in [0.1, 0.15) is 0 Å². The first-order valence-electron chi connectivity index (χ1n) is 7.26. The number of carbonyl (C=O) groups excluding carboxylic acids is 1.